The minimum absolute atomic E-state index is 0.114. The monoisotopic (exact) mass is 277 g/mol. The molecule has 0 aliphatic heterocycles. The average Bonchev–Trinajstić information content (AvgIpc) is 2.41. The summed E-state index contributed by atoms with van der Waals surface area (Å²) in [5.41, 5.74) is -0.438. The first kappa shape index (κ1) is 13.7. The number of anilines is 1. The number of nitrogens with one attached hydrogen (secondary N) is 1. The van der Waals surface area contributed by atoms with Gasteiger partial charge in [-0.05, 0) is 24.3 Å². The second kappa shape index (κ2) is 5.48. The molecule has 0 saturated carbocycles. The van der Waals surface area contributed by atoms with Crippen LogP contribution in [0, 0.1) is 5.82 Å². The molecule has 0 radical (unpaired) electrons. The van der Waals surface area contributed by atoms with Crippen LogP contribution in [0.1, 0.15) is 10.4 Å². The van der Waals surface area contributed by atoms with Gasteiger partial charge in [0.2, 0.25) is 0 Å². The van der Waals surface area contributed by atoms with Crippen molar-refractivity contribution in [2.75, 3.05) is 12.4 Å². The summed E-state index contributed by atoms with van der Waals surface area (Å²) in [5, 5.41) is 21.4. The number of phenolic OH excluding ortho intramolecular Hbond substituents is 2. The van der Waals surface area contributed by atoms with E-state index >= 15 is 0 Å². The van der Waals surface area contributed by atoms with E-state index in [2.05, 4.69) is 5.32 Å². The molecule has 0 spiro atoms. The molecule has 1 amide bonds. The Morgan fingerprint density at radius 2 is 1.85 bits per heavy atom. The van der Waals surface area contributed by atoms with Crippen LogP contribution in [-0.2, 0) is 0 Å². The number of ether oxygens (including phenoxy) is 1. The first-order valence-electron chi connectivity index (χ1n) is 5.68. The van der Waals surface area contributed by atoms with Crippen LogP contribution in [0.3, 0.4) is 0 Å². The van der Waals surface area contributed by atoms with Gasteiger partial charge in [0.25, 0.3) is 5.91 Å². The Bertz CT molecular complexity index is 637. The zero-order chi connectivity index (χ0) is 14.7. The third-order valence-electron chi connectivity index (χ3n) is 2.67. The third-order valence-corrected chi connectivity index (χ3v) is 2.67. The van der Waals surface area contributed by atoms with Gasteiger partial charge in [0, 0.05) is 6.07 Å². The molecule has 0 saturated heterocycles. The molecule has 0 bridgehead atoms. The van der Waals surface area contributed by atoms with E-state index in [1.165, 1.54) is 37.4 Å². The van der Waals surface area contributed by atoms with Crippen LogP contribution in [0.5, 0.6) is 17.2 Å². The lowest BCUT2D eigenvalue weighted by Crippen LogP contribution is -2.13. The van der Waals surface area contributed by atoms with E-state index in [-0.39, 0.29) is 11.3 Å². The molecular weight excluding hydrogens is 265 g/mol. The van der Waals surface area contributed by atoms with Gasteiger partial charge in [0.15, 0.2) is 0 Å². The minimum Gasteiger partial charge on any atom is -0.507 e. The van der Waals surface area contributed by atoms with Crippen LogP contribution in [0.4, 0.5) is 10.1 Å². The van der Waals surface area contributed by atoms with Gasteiger partial charge in [0.05, 0.1) is 12.8 Å². The molecular formula is C14H12FNO4. The Morgan fingerprint density at radius 3 is 2.45 bits per heavy atom. The standard InChI is InChI=1S/C14H12FNO4/c1-20-8-5-6-9(15)10(7-8)16-14(19)13-11(17)3-2-4-12(13)18/h2-7,17-18H,1H3,(H,16,19). The van der Waals surface area contributed by atoms with Crippen molar-refractivity contribution in [1.29, 1.82) is 0 Å². The molecule has 0 aromatic heterocycles. The molecule has 2 aromatic rings. The Labute approximate surface area is 114 Å². The number of methoxy groups -OCH3 is 1. The van der Waals surface area contributed by atoms with E-state index < -0.39 is 23.2 Å². The topological polar surface area (TPSA) is 78.8 Å². The molecule has 104 valence electrons. The fraction of sp³-hybridized carbons (Fsp3) is 0.0714. The van der Waals surface area contributed by atoms with Crippen molar-refractivity contribution in [3.8, 4) is 17.2 Å². The first-order valence-corrected chi connectivity index (χ1v) is 5.68. The first-order chi connectivity index (χ1) is 9.52. The van der Waals surface area contributed by atoms with Crippen LogP contribution in [-0.4, -0.2) is 23.2 Å². The fourth-order valence-corrected chi connectivity index (χ4v) is 1.67. The summed E-state index contributed by atoms with van der Waals surface area (Å²) < 4.78 is 18.5. The maximum Gasteiger partial charge on any atom is 0.263 e. The van der Waals surface area contributed by atoms with Crippen molar-refractivity contribution in [3.05, 3.63) is 47.8 Å². The maximum atomic E-state index is 13.6. The molecule has 3 N–H and O–H groups in total. The third kappa shape index (κ3) is 2.64. The number of halogens is 1. The number of benzene rings is 2. The Kier molecular flexibility index (Phi) is 3.74. The van der Waals surface area contributed by atoms with Crippen LogP contribution >= 0.6 is 0 Å². The van der Waals surface area contributed by atoms with Gasteiger partial charge in [0.1, 0.15) is 28.6 Å². The number of amides is 1. The highest BCUT2D eigenvalue weighted by atomic mass is 19.1. The van der Waals surface area contributed by atoms with Crippen LogP contribution in [0.25, 0.3) is 0 Å². The molecule has 0 aliphatic rings. The highest BCUT2D eigenvalue weighted by Crippen LogP contribution is 2.28. The predicted octanol–water partition coefficient (Wildman–Crippen LogP) is 2.50. The molecule has 0 aliphatic carbocycles. The summed E-state index contributed by atoms with van der Waals surface area (Å²) in [5.74, 6) is -1.92. The molecule has 0 fully saturated rings. The van der Waals surface area contributed by atoms with Crippen LogP contribution in [0.15, 0.2) is 36.4 Å². The second-order valence-electron chi connectivity index (χ2n) is 3.97. The summed E-state index contributed by atoms with van der Waals surface area (Å²) in [4.78, 5) is 12.0. The summed E-state index contributed by atoms with van der Waals surface area (Å²) in [6, 6.07) is 7.71. The van der Waals surface area contributed by atoms with Gasteiger partial charge < -0.3 is 20.3 Å². The maximum absolute atomic E-state index is 13.6. The van der Waals surface area contributed by atoms with Crippen LogP contribution in [0.2, 0.25) is 0 Å². The fourth-order valence-electron chi connectivity index (χ4n) is 1.67. The van der Waals surface area contributed by atoms with Gasteiger partial charge in [-0.2, -0.15) is 0 Å². The van der Waals surface area contributed by atoms with E-state index in [4.69, 9.17) is 4.74 Å². The van der Waals surface area contributed by atoms with Gasteiger partial charge in [-0.15, -0.1) is 0 Å². The van der Waals surface area contributed by atoms with E-state index in [0.717, 1.165) is 6.07 Å². The van der Waals surface area contributed by atoms with E-state index in [0.29, 0.717) is 5.75 Å². The number of carbonyl (C=O) groups excluding carboxylic acids is 1. The SMILES string of the molecule is COc1ccc(F)c(NC(=O)c2c(O)cccc2O)c1. The van der Waals surface area contributed by atoms with Crippen molar-refractivity contribution in [2.24, 2.45) is 0 Å². The van der Waals surface area contributed by atoms with E-state index in [1.54, 1.807) is 0 Å². The average molecular weight is 277 g/mol. The molecule has 0 unspecified atom stereocenters. The van der Waals surface area contributed by atoms with Crippen molar-refractivity contribution < 1.29 is 24.1 Å². The van der Waals surface area contributed by atoms with Gasteiger partial charge in [-0.3, -0.25) is 4.79 Å². The van der Waals surface area contributed by atoms with Gasteiger partial charge in [-0.25, -0.2) is 4.39 Å². The smallest absolute Gasteiger partial charge is 0.263 e. The summed E-state index contributed by atoms with van der Waals surface area (Å²) in [7, 11) is 1.41. The lowest BCUT2D eigenvalue weighted by atomic mass is 10.1. The quantitative estimate of drug-likeness (QED) is 0.805. The number of aromatic hydroxyl groups is 2. The minimum atomic E-state index is -0.826. The molecule has 0 heterocycles. The zero-order valence-corrected chi connectivity index (χ0v) is 10.6. The molecule has 6 heteroatoms. The molecule has 20 heavy (non-hydrogen) atoms. The summed E-state index contributed by atoms with van der Waals surface area (Å²) in [6.45, 7) is 0. The zero-order valence-electron chi connectivity index (χ0n) is 10.6. The van der Waals surface area contributed by atoms with Crippen molar-refractivity contribution in [3.63, 3.8) is 0 Å². The largest absolute Gasteiger partial charge is 0.507 e. The lowest BCUT2D eigenvalue weighted by Gasteiger charge is -2.10. The highest BCUT2D eigenvalue weighted by molar-refractivity contribution is 6.08. The van der Waals surface area contributed by atoms with E-state index in [1.807, 2.05) is 0 Å². The predicted molar refractivity (Wildman–Crippen MR) is 70.7 cm³/mol. The molecule has 5 nitrogen and oxygen atoms in total. The normalized spacial score (nSPS) is 10.1. The molecule has 2 rings (SSSR count). The van der Waals surface area contributed by atoms with Crippen molar-refractivity contribution >= 4 is 11.6 Å². The van der Waals surface area contributed by atoms with Crippen molar-refractivity contribution in [1.82, 2.24) is 0 Å². The number of phenols is 2. The summed E-state index contributed by atoms with van der Waals surface area (Å²) in [6.07, 6.45) is 0. The second-order valence-corrected chi connectivity index (χ2v) is 3.97. The van der Waals surface area contributed by atoms with Crippen LogP contribution < -0.4 is 10.1 Å². The molecule has 0 atom stereocenters. The Hall–Kier alpha value is -2.76. The molecule has 2 aromatic carbocycles. The van der Waals surface area contributed by atoms with Gasteiger partial charge in [-0.1, -0.05) is 6.07 Å². The lowest BCUT2D eigenvalue weighted by molar-refractivity contribution is 0.102. The number of hydrogen-bond donors (Lipinski definition) is 3. The Balaban J connectivity index is 2.33. The number of hydrogen-bond acceptors (Lipinski definition) is 4. The summed E-state index contributed by atoms with van der Waals surface area (Å²) >= 11 is 0. The van der Waals surface area contributed by atoms with Crippen molar-refractivity contribution in [2.45, 2.75) is 0 Å². The number of rotatable bonds is 3. The highest BCUT2D eigenvalue weighted by Gasteiger charge is 2.17. The number of carbonyl (C=O) groups is 1. The Morgan fingerprint density at radius 1 is 1.20 bits per heavy atom. The van der Waals surface area contributed by atoms with E-state index in [9.17, 15) is 19.4 Å². The van der Waals surface area contributed by atoms with Gasteiger partial charge >= 0.3 is 0 Å².